The summed E-state index contributed by atoms with van der Waals surface area (Å²) in [5.74, 6) is 0. The Morgan fingerprint density at radius 2 is 2.14 bits per heavy atom. The molecule has 2 heterocycles. The molecule has 1 aromatic heterocycles. The Kier molecular flexibility index (Phi) is 4.08. The summed E-state index contributed by atoms with van der Waals surface area (Å²) >= 11 is 0. The van der Waals surface area contributed by atoms with Crippen LogP contribution >= 0.6 is 0 Å². The minimum absolute atomic E-state index is 0.622. The molecule has 0 bridgehead atoms. The van der Waals surface area contributed by atoms with Crippen LogP contribution in [0.25, 0.3) is 10.9 Å². The minimum atomic E-state index is 0.622. The van der Waals surface area contributed by atoms with Gasteiger partial charge in [0, 0.05) is 49.5 Å². The third-order valence-corrected chi connectivity index (χ3v) is 4.54. The molecule has 112 valence electrons. The Bertz CT molecular complexity index is 625. The molecule has 3 rings (SSSR count). The lowest BCUT2D eigenvalue weighted by Crippen LogP contribution is -2.51. The number of rotatable bonds is 3. The van der Waals surface area contributed by atoms with Crippen molar-refractivity contribution >= 4 is 16.6 Å². The van der Waals surface area contributed by atoms with E-state index in [0.29, 0.717) is 6.04 Å². The molecule has 1 aliphatic rings. The second-order valence-electron chi connectivity index (χ2n) is 5.93. The number of hydrogen-bond acceptors (Lipinski definition) is 4. The van der Waals surface area contributed by atoms with Crippen LogP contribution in [-0.2, 0) is 6.54 Å². The fourth-order valence-corrected chi connectivity index (χ4v) is 3.31. The first-order valence-electron chi connectivity index (χ1n) is 7.77. The molecule has 0 aliphatic carbocycles. The van der Waals surface area contributed by atoms with Crippen molar-refractivity contribution in [1.29, 1.82) is 0 Å². The van der Waals surface area contributed by atoms with Crippen LogP contribution in [0.15, 0.2) is 30.5 Å². The van der Waals surface area contributed by atoms with Gasteiger partial charge in [0.25, 0.3) is 0 Å². The van der Waals surface area contributed by atoms with Crippen LogP contribution in [0.5, 0.6) is 0 Å². The number of nitrogens with zero attached hydrogens (tertiary/aromatic N) is 3. The van der Waals surface area contributed by atoms with Gasteiger partial charge in [0.15, 0.2) is 0 Å². The number of benzene rings is 1. The van der Waals surface area contributed by atoms with Gasteiger partial charge < -0.3 is 5.73 Å². The van der Waals surface area contributed by atoms with Crippen molar-refractivity contribution in [2.24, 2.45) is 0 Å². The predicted molar refractivity (Wildman–Crippen MR) is 88.1 cm³/mol. The molecule has 0 saturated carbocycles. The Morgan fingerprint density at radius 1 is 1.29 bits per heavy atom. The minimum Gasteiger partial charge on any atom is -0.398 e. The van der Waals surface area contributed by atoms with Crippen LogP contribution in [0.3, 0.4) is 0 Å². The van der Waals surface area contributed by atoms with Crippen molar-refractivity contribution in [1.82, 2.24) is 14.8 Å². The van der Waals surface area contributed by atoms with Gasteiger partial charge in [0.1, 0.15) is 0 Å². The number of hydrogen-bond donors (Lipinski definition) is 1. The van der Waals surface area contributed by atoms with Gasteiger partial charge in [-0.2, -0.15) is 0 Å². The lowest BCUT2D eigenvalue weighted by Gasteiger charge is -2.39. The first-order chi connectivity index (χ1) is 10.2. The second-order valence-corrected chi connectivity index (χ2v) is 5.93. The lowest BCUT2D eigenvalue weighted by atomic mass is 10.1. The van der Waals surface area contributed by atoms with Crippen LogP contribution in [0.1, 0.15) is 19.4 Å². The van der Waals surface area contributed by atoms with E-state index in [1.807, 2.05) is 18.3 Å². The molecule has 2 aromatic rings. The fourth-order valence-electron chi connectivity index (χ4n) is 3.31. The highest BCUT2D eigenvalue weighted by Gasteiger charge is 2.22. The summed E-state index contributed by atoms with van der Waals surface area (Å²) in [6.45, 7) is 10.0. The SMILES string of the molecule is CCN1CCN(Cc2ccc(N)c3cccnc23)CC1C. The third kappa shape index (κ3) is 2.87. The summed E-state index contributed by atoms with van der Waals surface area (Å²) in [6.07, 6.45) is 1.85. The van der Waals surface area contributed by atoms with Crippen molar-refractivity contribution < 1.29 is 0 Å². The van der Waals surface area contributed by atoms with Gasteiger partial charge in [0.05, 0.1) is 5.52 Å². The smallest absolute Gasteiger partial charge is 0.0767 e. The average Bonchev–Trinajstić information content (AvgIpc) is 2.51. The summed E-state index contributed by atoms with van der Waals surface area (Å²) in [4.78, 5) is 9.60. The Labute approximate surface area is 126 Å². The van der Waals surface area contributed by atoms with Gasteiger partial charge >= 0.3 is 0 Å². The van der Waals surface area contributed by atoms with E-state index in [0.717, 1.165) is 49.3 Å². The van der Waals surface area contributed by atoms with Crippen molar-refractivity contribution in [2.45, 2.75) is 26.4 Å². The summed E-state index contributed by atoms with van der Waals surface area (Å²) in [6, 6.07) is 8.76. The maximum absolute atomic E-state index is 6.06. The van der Waals surface area contributed by atoms with Crippen LogP contribution < -0.4 is 5.73 Å². The van der Waals surface area contributed by atoms with E-state index in [9.17, 15) is 0 Å². The maximum Gasteiger partial charge on any atom is 0.0767 e. The molecule has 1 saturated heterocycles. The zero-order valence-corrected chi connectivity index (χ0v) is 12.9. The van der Waals surface area contributed by atoms with Crippen molar-refractivity contribution in [2.75, 3.05) is 31.9 Å². The third-order valence-electron chi connectivity index (χ3n) is 4.54. The Hall–Kier alpha value is -1.65. The zero-order chi connectivity index (χ0) is 14.8. The number of fused-ring (bicyclic) bond motifs is 1. The van der Waals surface area contributed by atoms with Crippen LogP contribution in [0, 0.1) is 0 Å². The number of nitrogens with two attached hydrogens (primary N) is 1. The molecule has 1 fully saturated rings. The average molecular weight is 284 g/mol. The second kappa shape index (κ2) is 6.00. The van der Waals surface area contributed by atoms with E-state index >= 15 is 0 Å². The van der Waals surface area contributed by atoms with E-state index in [4.69, 9.17) is 5.73 Å². The summed E-state index contributed by atoms with van der Waals surface area (Å²) in [5.41, 5.74) is 9.19. The first kappa shape index (κ1) is 14.3. The van der Waals surface area contributed by atoms with Crippen molar-refractivity contribution in [3.05, 3.63) is 36.0 Å². The van der Waals surface area contributed by atoms with Gasteiger partial charge in [-0.15, -0.1) is 0 Å². The first-order valence-corrected chi connectivity index (χ1v) is 7.77. The van der Waals surface area contributed by atoms with Gasteiger partial charge in [0.2, 0.25) is 0 Å². The Balaban J connectivity index is 1.81. The number of likely N-dealkylation sites (N-methyl/N-ethyl adjacent to an activating group) is 1. The Morgan fingerprint density at radius 3 is 2.90 bits per heavy atom. The molecular weight excluding hydrogens is 260 g/mol. The van der Waals surface area contributed by atoms with E-state index in [2.05, 4.69) is 40.8 Å². The molecule has 4 heteroatoms. The number of aromatic nitrogens is 1. The molecule has 1 aromatic carbocycles. The lowest BCUT2D eigenvalue weighted by molar-refractivity contribution is 0.0837. The number of anilines is 1. The molecule has 21 heavy (non-hydrogen) atoms. The summed E-state index contributed by atoms with van der Waals surface area (Å²) in [7, 11) is 0. The van der Waals surface area contributed by atoms with E-state index in [1.54, 1.807) is 0 Å². The van der Waals surface area contributed by atoms with Crippen LogP contribution in [0.4, 0.5) is 5.69 Å². The molecular formula is C17H24N4. The zero-order valence-electron chi connectivity index (χ0n) is 12.9. The predicted octanol–water partition coefficient (Wildman–Crippen LogP) is 2.34. The normalized spacial score (nSPS) is 21.0. The number of pyridine rings is 1. The van der Waals surface area contributed by atoms with Gasteiger partial charge in [-0.1, -0.05) is 13.0 Å². The number of piperazine rings is 1. The maximum atomic E-state index is 6.06. The summed E-state index contributed by atoms with van der Waals surface area (Å²) in [5, 5.41) is 1.07. The van der Waals surface area contributed by atoms with E-state index < -0.39 is 0 Å². The van der Waals surface area contributed by atoms with Crippen LogP contribution in [0.2, 0.25) is 0 Å². The van der Waals surface area contributed by atoms with Gasteiger partial charge in [-0.3, -0.25) is 14.8 Å². The standard InChI is InChI=1S/C17H24N4/c1-3-21-10-9-20(11-13(21)2)12-14-6-7-16(18)15-5-4-8-19-17(14)15/h4-8,13H,3,9-12,18H2,1-2H3. The molecule has 1 unspecified atom stereocenters. The van der Waals surface area contributed by atoms with E-state index in [-0.39, 0.29) is 0 Å². The topological polar surface area (TPSA) is 45.4 Å². The molecule has 2 N–H and O–H groups in total. The highest BCUT2D eigenvalue weighted by atomic mass is 15.3. The molecule has 1 aliphatic heterocycles. The molecule has 1 atom stereocenters. The van der Waals surface area contributed by atoms with E-state index in [1.165, 1.54) is 5.56 Å². The molecule has 0 radical (unpaired) electrons. The largest absolute Gasteiger partial charge is 0.398 e. The summed E-state index contributed by atoms with van der Waals surface area (Å²) < 4.78 is 0. The van der Waals surface area contributed by atoms with Gasteiger partial charge in [-0.25, -0.2) is 0 Å². The molecule has 4 nitrogen and oxygen atoms in total. The van der Waals surface area contributed by atoms with Gasteiger partial charge in [-0.05, 0) is 37.2 Å². The quantitative estimate of drug-likeness (QED) is 0.879. The molecule has 0 amide bonds. The van der Waals surface area contributed by atoms with Crippen molar-refractivity contribution in [3.63, 3.8) is 0 Å². The van der Waals surface area contributed by atoms with Crippen molar-refractivity contribution in [3.8, 4) is 0 Å². The monoisotopic (exact) mass is 284 g/mol. The highest BCUT2D eigenvalue weighted by Crippen LogP contribution is 2.24. The number of nitrogen functional groups attached to an aromatic ring is 1. The highest BCUT2D eigenvalue weighted by molar-refractivity contribution is 5.92. The molecule has 0 spiro atoms. The van der Waals surface area contributed by atoms with Crippen LogP contribution in [-0.4, -0.2) is 47.0 Å². The fraction of sp³-hybridized carbons (Fsp3) is 0.471.